The van der Waals surface area contributed by atoms with Crippen LogP contribution in [-0.4, -0.2) is 43.0 Å². The lowest BCUT2D eigenvalue weighted by Gasteiger charge is -2.10. The van der Waals surface area contributed by atoms with Gasteiger partial charge in [-0.3, -0.25) is 14.5 Å². The van der Waals surface area contributed by atoms with Crippen LogP contribution in [0, 0.1) is 0 Å². The average Bonchev–Trinajstić information content (AvgIpc) is 3.15. The number of nitrogens with zero attached hydrogens (tertiary/aromatic N) is 2. The number of hydrogen-bond acceptors (Lipinski definition) is 6. The summed E-state index contributed by atoms with van der Waals surface area (Å²) in [6.45, 7) is 1.14. The molecule has 124 valence electrons. The Labute approximate surface area is 138 Å². The minimum Gasteiger partial charge on any atom is -0.466 e. The fourth-order valence-corrected chi connectivity index (χ4v) is 2.99. The predicted molar refractivity (Wildman–Crippen MR) is 86.2 cm³/mol. The highest BCUT2D eigenvalue weighted by Gasteiger charge is 2.24. The van der Waals surface area contributed by atoms with Crippen molar-refractivity contribution in [3.8, 4) is 0 Å². The molecular weight excluding hydrogens is 318 g/mol. The first-order valence-electron chi connectivity index (χ1n) is 7.36. The highest BCUT2D eigenvalue weighted by Crippen LogP contribution is 2.25. The molecule has 1 fully saturated rings. The summed E-state index contributed by atoms with van der Waals surface area (Å²) in [6.07, 6.45) is 5.12. The third kappa shape index (κ3) is 5.17. The molecule has 23 heavy (non-hydrogen) atoms. The lowest BCUT2D eigenvalue weighted by Crippen LogP contribution is -2.26. The number of thiazole rings is 1. The molecule has 1 aliphatic rings. The Morgan fingerprint density at radius 3 is 3.04 bits per heavy atom. The topological polar surface area (TPSA) is 88.6 Å². The van der Waals surface area contributed by atoms with Crippen molar-refractivity contribution in [1.82, 2.24) is 10.3 Å². The van der Waals surface area contributed by atoms with Gasteiger partial charge < -0.3 is 10.1 Å². The summed E-state index contributed by atoms with van der Waals surface area (Å²) in [5.41, 5.74) is 0.660. The molecule has 2 amide bonds. The summed E-state index contributed by atoms with van der Waals surface area (Å²) in [5, 5.41) is 5.22. The lowest BCUT2D eigenvalue weighted by molar-refractivity contribution is -0.134. The van der Waals surface area contributed by atoms with E-state index in [0.29, 0.717) is 36.8 Å². The SMILES string of the molecule is COC(=O)/C=C/CCNC(=O)Cc1csc(N2CCCC2=O)n1. The maximum absolute atomic E-state index is 11.8. The molecule has 0 aromatic carbocycles. The van der Waals surface area contributed by atoms with Gasteiger partial charge in [-0.1, -0.05) is 6.08 Å². The van der Waals surface area contributed by atoms with Gasteiger partial charge in [0.05, 0.1) is 19.2 Å². The van der Waals surface area contributed by atoms with Gasteiger partial charge in [-0.2, -0.15) is 0 Å². The van der Waals surface area contributed by atoms with E-state index < -0.39 is 5.97 Å². The van der Waals surface area contributed by atoms with Gasteiger partial charge in [0.15, 0.2) is 5.13 Å². The summed E-state index contributed by atoms with van der Waals surface area (Å²) < 4.78 is 4.46. The van der Waals surface area contributed by atoms with Crippen LogP contribution in [0.3, 0.4) is 0 Å². The Balaban J connectivity index is 1.73. The molecule has 0 radical (unpaired) electrons. The summed E-state index contributed by atoms with van der Waals surface area (Å²) in [7, 11) is 1.31. The second-order valence-corrected chi connectivity index (χ2v) is 5.85. The molecule has 1 saturated heterocycles. The predicted octanol–water partition coefficient (Wildman–Crippen LogP) is 1.05. The van der Waals surface area contributed by atoms with Gasteiger partial charge in [-0.15, -0.1) is 11.3 Å². The minimum atomic E-state index is -0.414. The smallest absolute Gasteiger partial charge is 0.330 e. The largest absolute Gasteiger partial charge is 0.466 e. The van der Waals surface area contributed by atoms with Crippen molar-refractivity contribution >= 4 is 34.3 Å². The number of carbonyl (C=O) groups is 3. The van der Waals surface area contributed by atoms with Crippen molar-refractivity contribution < 1.29 is 19.1 Å². The third-order valence-electron chi connectivity index (χ3n) is 3.27. The molecule has 0 aliphatic carbocycles. The average molecular weight is 337 g/mol. The number of nitrogens with one attached hydrogen (secondary N) is 1. The van der Waals surface area contributed by atoms with E-state index in [-0.39, 0.29) is 18.2 Å². The quantitative estimate of drug-likeness (QED) is 0.456. The van der Waals surface area contributed by atoms with Crippen molar-refractivity contribution in [3.05, 3.63) is 23.2 Å². The monoisotopic (exact) mass is 337 g/mol. The highest BCUT2D eigenvalue weighted by atomic mass is 32.1. The second kappa shape index (κ2) is 8.42. The molecule has 1 aromatic heterocycles. The zero-order valence-electron chi connectivity index (χ0n) is 12.9. The molecule has 0 atom stereocenters. The van der Waals surface area contributed by atoms with Crippen LogP contribution in [0.5, 0.6) is 0 Å². The Kier molecular flexibility index (Phi) is 6.28. The number of esters is 1. The van der Waals surface area contributed by atoms with Crippen LogP contribution in [0.1, 0.15) is 25.0 Å². The van der Waals surface area contributed by atoms with E-state index in [0.717, 1.165) is 6.42 Å². The number of aromatic nitrogens is 1. The summed E-state index contributed by atoms with van der Waals surface area (Å²) in [4.78, 5) is 40.3. The number of carbonyl (C=O) groups excluding carboxylic acids is 3. The normalized spacial score (nSPS) is 14.5. The van der Waals surface area contributed by atoms with Crippen molar-refractivity contribution in [1.29, 1.82) is 0 Å². The number of hydrogen-bond donors (Lipinski definition) is 1. The summed E-state index contributed by atoms with van der Waals surface area (Å²) in [5.74, 6) is -0.461. The summed E-state index contributed by atoms with van der Waals surface area (Å²) >= 11 is 1.38. The van der Waals surface area contributed by atoms with Gasteiger partial charge in [0.2, 0.25) is 11.8 Å². The maximum Gasteiger partial charge on any atom is 0.330 e. The molecule has 7 nitrogen and oxygen atoms in total. The molecule has 2 rings (SSSR count). The van der Waals surface area contributed by atoms with Crippen LogP contribution in [0.15, 0.2) is 17.5 Å². The van der Waals surface area contributed by atoms with Gasteiger partial charge in [-0.05, 0) is 12.8 Å². The molecule has 2 heterocycles. The fraction of sp³-hybridized carbons (Fsp3) is 0.467. The molecule has 0 unspecified atom stereocenters. The number of ether oxygens (including phenoxy) is 1. The number of anilines is 1. The van der Waals surface area contributed by atoms with Crippen molar-refractivity contribution in [3.63, 3.8) is 0 Å². The van der Waals surface area contributed by atoms with E-state index in [1.807, 2.05) is 0 Å². The van der Waals surface area contributed by atoms with Crippen LogP contribution >= 0.6 is 11.3 Å². The van der Waals surface area contributed by atoms with Crippen molar-refractivity contribution in [2.45, 2.75) is 25.7 Å². The van der Waals surface area contributed by atoms with Crippen molar-refractivity contribution in [2.24, 2.45) is 0 Å². The highest BCUT2D eigenvalue weighted by molar-refractivity contribution is 7.14. The van der Waals surface area contributed by atoms with Crippen LogP contribution < -0.4 is 10.2 Å². The van der Waals surface area contributed by atoms with Crippen molar-refractivity contribution in [2.75, 3.05) is 25.1 Å². The molecule has 0 bridgehead atoms. The van der Waals surface area contributed by atoms with Gasteiger partial charge in [0.1, 0.15) is 0 Å². The number of methoxy groups -OCH3 is 1. The third-order valence-corrected chi connectivity index (χ3v) is 4.19. The van der Waals surface area contributed by atoms with Crippen LogP contribution in [0.4, 0.5) is 5.13 Å². The van der Waals surface area contributed by atoms with E-state index in [2.05, 4.69) is 15.0 Å². The van der Waals surface area contributed by atoms with E-state index in [1.54, 1.807) is 16.4 Å². The molecule has 1 aromatic rings. The molecule has 1 N–H and O–H groups in total. The van der Waals surface area contributed by atoms with E-state index >= 15 is 0 Å². The zero-order valence-corrected chi connectivity index (χ0v) is 13.7. The minimum absolute atomic E-state index is 0.0905. The van der Waals surface area contributed by atoms with E-state index in [1.165, 1.54) is 24.5 Å². The lowest BCUT2D eigenvalue weighted by atomic mass is 10.3. The molecule has 8 heteroatoms. The fourth-order valence-electron chi connectivity index (χ4n) is 2.12. The Morgan fingerprint density at radius 1 is 1.52 bits per heavy atom. The van der Waals surface area contributed by atoms with Gasteiger partial charge in [-0.25, -0.2) is 9.78 Å². The second-order valence-electron chi connectivity index (χ2n) is 5.01. The molecule has 1 aliphatic heterocycles. The van der Waals surface area contributed by atoms with E-state index in [4.69, 9.17) is 0 Å². The Morgan fingerprint density at radius 2 is 2.35 bits per heavy atom. The number of amides is 2. The zero-order chi connectivity index (χ0) is 16.7. The van der Waals surface area contributed by atoms with E-state index in [9.17, 15) is 14.4 Å². The summed E-state index contributed by atoms with van der Waals surface area (Å²) in [6, 6.07) is 0. The first-order valence-corrected chi connectivity index (χ1v) is 8.24. The standard InChI is InChI=1S/C15H19N3O4S/c1-22-14(21)6-2-3-7-16-12(19)9-11-10-23-15(17-11)18-8-4-5-13(18)20/h2,6,10H,3-5,7-9H2,1H3,(H,16,19)/b6-2+. The van der Waals surface area contributed by atoms with Gasteiger partial charge in [0, 0.05) is 31.0 Å². The van der Waals surface area contributed by atoms with Crippen LogP contribution in [0.25, 0.3) is 0 Å². The maximum atomic E-state index is 11.8. The van der Waals surface area contributed by atoms with Crippen LogP contribution in [-0.2, 0) is 25.5 Å². The van der Waals surface area contributed by atoms with Crippen LogP contribution in [0.2, 0.25) is 0 Å². The van der Waals surface area contributed by atoms with Gasteiger partial charge in [0.25, 0.3) is 0 Å². The first-order chi connectivity index (χ1) is 11.1. The van der Waals surface area contributed by atoms with Gasteiger partial charge >= 0.3 is 5.97 Å². The molecular formula is C15H19N3O4S. The first kappa shape index (κ1) is 17.1. The Hall–Kier alpha value is -2.22. The molecule has 0 saturated carbocycles. The number of rotatable bonds is 7. The Bertz CT molecular complexity index is 612. The molecule has 0 spiro atoms.